The molecule has 2 aromatic carbocycles. The molecule has 0 saturated heterocycles. The Bertz CT molecular complexity index is 731. The highest BCUT2D eigenvalue weighted by Crippen LogP contribution is 2.26. The van der Waals surface area contributed by atoms with Gasteiger partial charge >= 0.3 is 0 Å². The van der Waals surface area contributed by atoms with E-state index in [0.29, 0.717) is 17.1 Å². The minimum Gasteiger partial charge on any atom is -0.398 e. The van der Waals surface area contributed by atoms with Crippen molar-refractivity contribution in [3.63, 3.8) is 0 Å². The largest absolute Gasteiger partial charge is 0.398 e. The molecule has 3 rings (SSSR count). The van der Waals surface area contributed by atoms with Crippen molar-refractivity contribution in [3.8, 4) is 11.4 Å². The first kappa shape index (κ1) is 10.8. The van der Waals surface area contributed by atoms with E-state index < -0.39 is 0 Å². The number of halogens is 1. The van der Waals surface area contributed by atoms with E-state index in [-0.39, 0.29) is 5.82 Å². The topological polar surface area (TPSA) is 54.7 Å². The van der Waals surface area contributed by atoms with Crippen molar-refractivity contribution >= 4 is 16.7 Å². The Hall–Kier alpha value is -2.36. The van der Waals surface area contributed by atoms with Crippen LogP contribution in [0.2, 0.25) is 0 Å². The molecular formula is C14H12FN3. The number of hydrogen-bond donors (Lipinski definition) is 2. The van der Waals surface area contributed by atoms with Crippen LogP contribution >= 0.6 is 0 Å². The Labute approximate surface area is 103 Å². The SMILES string of the molecule is Cc1ccc2nc(-c3ccc(F)cc3N)[nH]c2c1. The second-order valence-corrected chi connectivity index (χ2v) is 4.34. The Morgan fingerprint density at radius 1 is 1.17 bits per heavy atom. The van der Waals surface area contributed by atoms with Gasteiger partial charge in [-0.15, -0.1) is 0 Å². The van der Waals surface area contributed by atoms with Crippen molar-refractivity contribution in [2.24, 2.45) is 0 Å². The average Bonchev–Trinajstić information content (AvgIpc) is 2.71. The van der Waals surface area contributed by atoms with Crippen LogP contribution in [-0.2, 0) is 0 Å². The first-order valence-electron chi connectivity index (χ1n) is 5.65. The predicted octanol–water partition coefficient (Wildman–Crippen LogP) is 3.26. The lowest BCUT2D eigenvalue weighted by molar-refractivity contribution is 0.628. The number of anilines is 1. The molecule has 0 aliphatic carbocycles. The Morgan fingerprint density at radius 3 is 2.78 bits per heavy atom. The van der Waals surface area contributed by atoms with Gasteiger partial charge in [-0.1, -0.05) is 6.07 Å². The van der Waals surface area contributed by atoms with E-state index >= 15 is 0 Å². The van der Waals surface area contributed by atoms with E-state index in [4.69, 9.17) is 5.73 Å². The zero-order valence-electron chi connectivity index (χ0n) is 9.87. The highest BCUT2D eigenvalue weighted by Gasteiger charge is 2.09. The maximum absolute atomic E-state index is 13.0. The van der Waals surface area contributed by atoms with Crippen LogP contribution in [0.5, 0.6) is 0 Å². The summed E-state index contributed by atoms with van der Waals surface area (Å²) in [6.07, 6.45) is 0. The number of H-pyrrole nitrogens is 1. The van der Waals surface area contributed by atoms with Gasteiger partial charge in [0.1, 0.15) is 11.6 Å². The molecule has 90 valence electrons. The summed E-state index contributed by atoms with van der Waals surface area (Å²) in [5.41, 5.74) is 9.88. The number of nitrogens with zero attached hydrogens (tertiary/aromatic N) is 1. The molecule has 0 unspecified atom stereocenters. The number of aromatic nitrogens is 2. The maximum Gasteiger partial charge on any atom is 0.140 e. The molecule has 0 fully saturated rings. The van der Waals surface area contributed by atoms with Crippen LogP contribution in [-0.4, -0.2) is 9.97 Å². The normalized spacial score (nSPS) is 11.0. The minimum atomic E-state index is -0.344. The van der Waals surface area contributed by atoms with Crippen molar-refractivity contribution in [3.05, 3.63) is 47.8 Å². The second-order valence-electron chi connectivity index (χ2n) is 4.34. The Kier molecular flexibility index (Phi) is 2.30. The van der Waals surface area contributed by atoms with Gasteiger partial charge in [0.15, 0.2) is 0 Å². The highest BCUT2D eigenvalue weighted by atomic mass is 19.1. The molecule has 4 heteroatoms. The average molecular weight is 241 g/mol. The molecule has 0 bridgehead atoms. The molecule has 1 heterocycles. The zero-order valence-corrected chi connectivity index (χ0v) is 9.87. The van der Waals surface area contributed by atoms with Gasteiger partial charge in [0.05, 0.1) is 11.0 Å². The predicted molar refractivity (Wildman–Crippen MR) is 70.6 cm³/mol. The summed E-state index contributed by atoms with van der Waals surface area (Å²) in [7, 11) is 0. The van der Waals surface area contributed by atoms with Gasteiger partial charge in [-0.25, -0.2) is 9.37 Å². The summed E-state index contributed by atoms with van der Waals surface area (Å²) in [5.74, 6) is 0.316. The van der Waals surface area contributed by atoms with Crippen LogP contribution < -0.4 is 5.73 Å². The van der Waals surface area contributed by atoms with Gasteiger partial charge in [-0.3, -0.25) is 0 Å². The summed E-state index contributed by atoms with van der Waals surface area (Å²) in [5, 5.41) is 0. The summed E-state index contributed by atoms with van der Waals surface area (Å²) < 4.78 is 13.0. The van der Waals surface area contributed by atoms with E-state index in [1.54, 1.807) is 6.07 Å². The minimum absolute atomic E-state index is 0.344. The van der Waals surface area contributed by atoms with Crippen LogP contribution in [0.3, 0.4) is 0 Å². The fourth-order valence-corrected chi connectivity index (χ4v) is 2.00. The summed E-state index contributed by atoms with van der Waals surface area (Å²) in [6.45, 7) is 2.02. The molecule has 3 aromatic rings. The molecule has 18 heavy (non-hydrogen) atoms. The third-order valence-electron chi connectivity index (χ3n) is 2.91. The summed E-state index contributed by atoms with van der Waals surface area (Å²) in [4.78, 5) is 7.66. The lowest BCUT2D eigenvalue weighted by Gasteiger charge is -2.01. The van der Waals surface area contributed by atoms with Crippen LogP contribution in [0.4, 0.5) is 10.1 Å². The molecular weight excluding hydrogens is 229 g/mol. The van der Waals surface area contributed by atoms with Gasteiger partial charge in [0.25, 0.3) is 0 Å². The number of nitrogens with one attached hydrogen (secondary N) is 1. The second kappa shape index (κ2) is 3.84. The number of hydrogen-bond acceptors (Lipinski definition) is 2. The molecule has 0 amide bonds. The third kappa shape index (κ3) is 1.72. The van der Waals surface area contributed by atoms with Crippen molar-refractivity contribution in [1.82, 2.24) is 9.97 Å². The van der Waals surface area contributed by atoms with E-state index in [0.717, 1.165) is 16.6 Å². The molecule has 0 aliphatic heterocycles. The van der Waals surface area contributed by atoms with Crippen LogP contribution in [0.15, 0.2) is 36.4 Å². The summed E-state index contributed by atoms with van der Waals surface area (Å²) >= 11 is 0. The number of fused-ring (bicyclic) bond motifs is 1. The number of imidazole rings is 1. The van der Waals surface area contributed by atoms with Crippen molar-refractivity contribution in [1.29, 1.82) is 0 Å². The van der Waals surface area contributed by atoms with Gasteiger partial charge in [0.2, 0.25) is 0 Å². The number of nitrogen functional groups attached to an aromatic ring is 1. The smallest absolute Gasteiger partial charge is 0.140 e. The standard InChI is InChI=1S/C14H12FN3/c1-8-2-5-12-13(6-8)18-14(17-12)10-4-3-9(15)7-11(10)16/h2-7H,16H2,1H3,(H,17,18). The lowest BCUT2D eigenvalue weighted by atomic mass is 10.1. The quantitative estimate of drug-likeness (QED) is 0.642. The molecule has 3 nitrogen and oxygen atoms in total. The number of nitrogens with two attached hydrogens (primary N) is 1. The number of rotatable bonds is 1. The third-order valence-corrected chi connectivity index (χ3v) is 2.91. The molecule has 0 aliphatic rings. The Morgan fingerprint density at radius 2 is 2.00 bits per heavy atom. The number of aromatic amines is 1. The van der Waals surface area contributed by atoms with E-state index in [9.17, 15) is 4.39 Å². The monoisotopic (exact) mass is 241 g/mol. The highest BCUT2D eigenvalue weighted by molar-refractivity contribution is 5.82. The fraction of sp³-hybridized carbons (Fsp3) is 0.0714. The first-order valence-corrected chi connectivity index (χ1v) is 5.65. The maximum atomic E-state index is 13.0. The van der Waals surface area contributed by atoms with E-state index in [1.165, 1.54) is 12.1 Å². The first-order chi connectivity index (χ1) is 8.63. The van der Waals surface area contributed by atoms with Gasteiger partial charge in [-0.05, 0) is 42.8 Å². The van der Waals surface area contributed by atoms with Crippen molar-refractivity contribution in [2.75, 3.05) is 5.73 Å². The molecule has 3 N–H and O–H groups in total. The Balaban J connectivity index is 2.19. The van der Waals surface area contributed by atoms with Crippen LogP contribution in [0.25, 0.3) is 22.4 Å². The lowest BCUT2D eigenvalue weighted by Crippen LogP contribution is -1.92. The van der Waals surface area contributed by atoms with Crippen molar-refractivity contribution in [2.45, 2.75) is 6.92 Å². The molecule has 0 atom stereocenters. The summed E-state index contributed by atoms with van der Waals surface area (Å²) in [6, 6.07) is 10.3. The van der Waals surface area contributed by atoms with E-state index in [1.807, 2.05) is 25.1 Å². The van der Waals surface area contributed by atoms with Crippen LogP contribution in [0.1, 0.15) is 5.56 Å². The van der Waals surface area contributed by atoms with E-state index in [2.05, 4.69) is 9.97 Å². The number of benzene rings is 2. The van der Waals surface area contributed by atoms with Gasteiger partial charge in [0, 0.05) is 11.3 Å². The van der Waals surface area contributed by atoms with Gasteiger partial charge < -0.3 is 10.7 Å². The van der Waals surface area contributed by atoms with Gasteiger partial charge in [-0.2, -0.15) is 0 Å². The van der Waals surface area contributed by atoms with Crippen LogP contribution in [0, 0.1) is 12.7 Å². The molecule has 0 saturated carbocycles. The molecule has 0 spiro atoms. The molecule has 0 radical (unpaired) electrons. The molecule has 1 aromatic heterocycles. The van der Waals surface area contributed by atoms with Crippen molar-refractivity contribution < 1.29 is 4.39 Å². The zero-order chi connectivity index (χ0) is 12.7. The fourth-order valence-electron chi connectivity index (χ4n) is 2.00. The number of aryl methyl sites for hydroxylation is 1.